The number of benzene rings is 1. The summed E-state index contributed by atoms with van der Waals surface area (Å²) in [7, 11) is 0. The van der Waals surface area contributed by atoms with Gasteiger partial charge in [0.15, 0.2) is 0 Å². The molecule has 4 N–H and O–H groups in total. The van der Waals surface area contributed by atoms with Gasteiger partial charge in [0.2, 0.25) is 0 Å². The Bertz CT molecular complexity index is 658. The number of urea groups is 1. The van der Waals surface area contributed by atoms with E-state index in [1.54, 1.807) is 36.1 Å². The van der Waals surface area contributed by atoms with Gasteiger partial charge in [-0.15, -0.1) is 0 Å². The molecule has 2 atom stereocenters. The smallest absolute Gasteiger partial charge is 0.322 e. The average molecular weight is 316 g/mol. The van der Waals surface area contributed by atoms with Crippen LogP contribution in [-0.2, 0) is 10.3 Å². The third-order valence-corrected chi connectivity index (χ3v) is 4.66. The normalized spacial score (nSPS) is 27.0. The summed E-state index contributed by atoms with van der Waals surface area (Å²) in [6.07, 6.45) is 1.90. The van der Waals surface area contributed by atoms with Crippen molar-refractivity contribution in [1.82, 2.24) is 15.5 Å². The Hall–Kier alpha value is -2.41. The van der Waals surface area contributed by atoms with Crippen LogP contribution >= 0.6 is 0 Å². The van der Waals surface area contributed by atoms with Gasteiger partial charge in [0.25, 0.3) is 11.8 Å². The maximum Gasteiger partial charge on any atom is 0.322 e. The number of likely N-dealkylation sites (tertiary alicyclic amines) is 1. The van der Waals surface area contributed by atoms with Crippen LogP contribution < -0.4 is 16.4 Å². The molecule has 0 aromatic heterocycles. The number of nitrogens with zero attached hydrogens (tertiary/aromatic N) is 1. The molecule has 0 aliphatic carbocycles. The average Bonchev–Trinajstić information content (AvgIpc) is 3.11. The molecule has 0 bridgehead atoms. The van der Waals surface area contributed by atoms with Crippen LogP contribution in [-0.4, -0.2) is 41.9 Å². The summed E-state index contributed by atoms with van der Waals surface area (Å²) in [5.41, 5.74) is 5.80. The largest absolute Gasteiger partial charge is 0.334 e. The molecule has 0 spiro atoms. The van der Waals surface area contributed by atoms with Crippen molar-refractivity contribution in [2.45, 2.75) is 31.3 Å². The highest BCUT2D eigenvalue weighted by molar-refractivity contribution is 6.07. The van der Waals surface area contributed by atoms with E-state index in [1.807, 2.05) is 0 Å². The van der Waals surface area contributed by atoms with Gasteiger partial charge < -0.3 is 16.0 Å². The topological polar surface area (TPSA) is 105 Å². The van der Waals surface area contributed by atoms with Crippen LogP contribution in [0.3, 0.4) is 0 Å². The molecule has 7 heteroatoms. The van der Waals surface area contributed by atoms with Crippen molar-refractivity contribution in [3.05, 3.63) is 35.4 Å². The molecule has 2 aliphatic rings. The second-order valence-corrected chi connectivity index (χ2v) is 6.14. The lowest BCUT2D eigenvalue weighted by Gasteiger charge is -2.24. The highest BCUT2D eigenvalue weighted by atomic mass is 16.2. The summed E-state index contributed by atoms with van der Waals surface area (Å²) in [5, 5.41) is 4.83. The first kappa shape index (κ1) is 15.5. The first-order valence-electron chi connectivity index (χ1n) is 7.71. The van der Waals surface area contributed by atoms with E-state index in [1.165, 1.54) is 0 Å². The third kappa shape index (κ3) is 2.57. The fourth-order valence-corrected chi connectivity index (χ4v) is 3.21. The van der Waals surface area contributed by atoms with Crippen LogP contribution in [0.2, 0.25) is 0 Å². The maximum atomic E-state index is 12.6. The predicted molar refractivity (Wildman–Crippen MR) is 83.6 cm³/mol. The van der Waals surface area contributed by atoms with E-state index in [-0.39, 0.29) is 11.9 Å². The number of carbonyl (C=O) groups excluding carboxylic acids is 3. The molecule has 2 fully saturated rings. The Morgan fingerprint density at radius 3 is 2.61 bits per heavy atom. The quantitative estimate of drug-likeness (QED) is 0.698. The van der Waals surface area contributed by atoms with Crippen LogP contribution in [0.1, 0.15) is 35.7 Å². The molecule has 3 rings (SSSR count). The first-order valence-corrected chi connectivity index (χ1v) is 7.71. The highest BCUT2D eigenvalue weighted by Crippen LogP contribution is 2.25. The summed E-state index contributed by atoms with van der Waals surface area (Å²) < 4.78 is 0. The lowest BCUT2D eigenvalue weighted by atomic mass is 9.91. The van der Waals surface area contributed by atoms with Crippen LogP contribution in [0.15, 0.2) is 24.3 Å². The van der Waals surface area contributed by atoms with Crippen molar-refractivity contribution in [1.29, 1.82) is 0 Å². The SMILES string of the molecule is C[C@]1(c2ccc(C(=O)N3CCC[C@@H]3CN)cc2)NC(=O)NC1=O. The molecular formula is C16H20N4O3. The van der Waals surface area contributed by atoms with Crippen LogP contribution in [0.5, 0.6) is 0 Å². The van der Waals surface area contributed by atoms with Crippen molar-refractivity contribution in [3.63, 3.8) is 0 Å². The summed E-state index contributed by atoms with van der Waals surface area (Å²) in [5.74, 6) is -0.445. The van der Waals surface area contributed by atoms with Gasteiger partial charge in [-0.05, 0) is 37.5 Å². The molecule has 23 heavy (non-hydrogen) atoms. The number of hydrogen-bond donors (Lipinski definition) is 3. The van der Waals surface area contributed by atoms with Gasteiger partial charge in [-0.2, -0.15) is 0 Å². The zero-order valence-corrected chi connectivity index (χ0v) is 13.0. The Balaban J connectivity index is 1.81. The number of rotatable bonds is 3. The van der Waals surface area contributed by atoms with Gasteiger partial charge in [0, 0.05) is 24.7 Å². The van der Waals surface area contributed by atoms with E-state index in [4.69, 9.17) is 5.73 Å². The van der Waals surface area contributed by atoms with Crippen LogP contribution in [0.25, 0.3) is 0 Å². The second-order valence-electron chi connectivity index (χ2n) is 6.14. The molecule has 2 aliphatic heterocycles. The van der Waals surface area contributed by atoms with E-state index < -0.39 is 17.5 Å². The molecule has 0 saturated carbocycles. The van der Waals surface area contributed by atoms with Crippen molar-refractivity contribution in [2.24, 2.45) is 5.73 Å². The van der Waals surface area contributed by atoms with E-state index in [0.29, 0.717) is 17.7 Å². The van der Waals surface area contributed by atoms with Crippen molar-refractivity contribution < 1.29 is 14.4 Å². The van der Waals surface area contributed by atoms with Crippen molar-refractivity contribution >= 4 is 17.8 Å². The van der Waals surface area contributed by atoms with Gasteiger partial charge >= 0.3 is 6.03 Å². The minimum Gasteiger partial charge on any atom is -0.334 e. The van der Waals surface area contributed by atoms with E-state index in [0.717, 1.165) is 19.4 Å². The van der Waals surface area contributed by atoms with Crippen molar-refractivity contribution in [2.75, 3.05) is 13.1 Å². The highest BCUT2D eigenvalue weighted by Gasteiger charge is 2.43. The molecule has 0 radical (unpaired) electrons. The van der Waals surface area contributed by atoms with Crippen molar-refractivity contribution in [3.8, 4) is 0 Å². The summed E-state index contributed by atoms with van der Waals surface area (Å²) in [4.78, 5) is 37.7. The number of carbonyl (C=O) groups is 3. The number of nitrogens with two attached hydrogens (primary N) is 1. The van der Waals surface area contributed by atoms with E-state index in [9.17, 15) is 14.4 Å². The molecule has 1 aromatic carbocycles. The summed E-state index contributed by atoms with van der Waals surface area (Å²) in [6, 6.07) is 6.36. The first-order chi connectivity index (χ1) is 11.0. The molecule has 1 aromatic rings. The van der Waals surface area contributed by atoms with Crippen LogP contribution in [0, 0.1) is 0 Å². The van der Waals surface area contributed by atoms with Gasteiger partial charge in [-0.3, -0.25) is 14.9 Å². The summed E-state index contributed by atoms with van der Waals surface area (Å²) >= 11 is 0. The molecule has 7 nitrogen and oxygen atoms in total. The predicted octanol–water partition coefficient (Wildman–Crippen LogP) is 0.305. The third-order valence-electron chi connectivity index (χ3n) is 4.66. The van der Waals surface area contributed by atoms with Gasteiger partial charge in [0.1, 0.15) is 5.54 Å². The number of imide groups is 1. The fourth-order valence-electron chi connectivity index (χ4n) is 3.21. The van der Waals surface area contributed by atoms with Gasteiger partial charge in [-0.25, -0.2) is 4.79 Å². The second kappa shape index (κ2) is 5.66. The van der Waals surface area contributed by atoms with E-state index in [2.05, 4.69) is 10.6 Å². The molecule has 0 unspecified atom stereocenters. The van der Waals surface area contributed by atoms with E-state index >= 15 is 0 Å². The van der Waals surface area contributed by atoms with Gasteiger partial charge in [-0.1, -0.05) is 12.1 Å². The standard InChI is InChI=1S/C16H20N4O3/c1-16(14(22)18-15(23)19-16)11-6-4-10(5-7-11)13(21)20-8-2-3-12(20)9-17/h4-7,12H,2-3,8-9,17H2,1H3,(H2,18,19,22,23)/t12-,16-/m1/s1. The summed E-state index contributed by atoms with van der Waals surface area (Å²) in [6.45, 7) is 2.82. The molecule has 122 valence electrons. The van der Waals surface area contributed by atoms with Crippen LogP contribution in [0.4, 0.5) is 4.79 Å². The maximum absolute atomic E-state index is 12.6. The fraction of sp³-hybridized carbons (Fsp3) is 0.438. The molecular weight excluding hydrogens is 296 g/mol. The number of amides is 4. The lowest BCUT2D eigenvalue weighted by Crippen LogP contribution is -2.41. The minimum absolute atomic E-state index is 0.0467. The zero-order chi connectivity index (χ0) is 16.6. The number of nitrogens with one attached hydrogen (secondary N) is 2. The number of hydrogen-bond acceptors (Lipinski definition) is 4. The Morgan fingerprint density at radius 1 is 1.35 bits per heavy atom. The Kier molecular flexibility index (Phi) is 3.81. The van der Waals surface area contributed by atoms with Gasteiger partial charge in [0.05, 0.1) is 0 Å². The monoisotopic (exact) mass is 316 g/mol. The molecule has 2 saturated heterocycles. The zero-order valence-electron chi connectivity index (χ0n) is 13.0. The lowest BCUT2D eigenvalue weighted by molar-refractivity contribution is -0.123. The molecule has 2 heterocycles. The Morgan fingerprint density at radius 2 is 2.04 bits per heavy atom. The Labute approximate surface area is 134 Å². The molecule has 4 amide bonds. The minimum atomic E-state index is -1.11.